The molecule has 1 amide bonds. The zero-order chi connectivity index (χ0) is 14.9. The van der Waals surface area contributed by atoms with Crippen molar-refractivity contribution in [1.82, 2.24) is 19.7 Å². The molecule has 20 heavy (non-hydrogen) atoms. The average molecular weight is 275 g/mol. The van der Waals surface area contributed by atoms with E-state index in [-0.39, 0.29) is 18.5 Å². The number of carbonyl (C=O) groups excluding carboxylic acids is 1. The van der Waals surface area contributed by atoms with Crippen LogP contribution in [0.3, 0.4) is 0 Å². The Morgan fingerprint density at radius 2 is 2.20 bits per heavy atom. The predicted octanol–water partition coefficient (Wildman–Crippen LogP) is 0.972. The molecule has 2 N–H and O–H groups in total. The van der Waals surface area contributed by atoms with Crippen molar-refractivity contribution in [1.29, 1.82) is 0 Å². The van der Waals surface area contributed by atoms with E-state index in [1.54, 1.807) is 4.68 Å². The first-order chi connectivity index (χ1) is 9.38. The second kappa shape index (κ2) is 5.58. The van der Waals surface area contributed by atoms with Crippen LogP contribution >= 0.6 is 0 Å². The van der Waals surface area contributed by atoms with Crippen molar-refractivity contribution >= 4 is 16.9 Å². The number of aromatic nitrogens is 3. The molecule has 0 bridgehead atoms. The molecule has 2 aromatic rings. The van der Waals surface area contributed by atoms with Gasteiger partial charge in [-0.3, -0.25) is 14.4 Å². The Morgan fingerprint density at radius 3 is 2.80 bits per heavy atom. The lowest BCUT2D eigenvalue weighted by Gasteiger charge is -2.24. The van der Waals surface area contributed by atoms with Crippen LogP contribution in [0.1, 0.15) is 25.1 Å². The molecule has 0 aliphatic carbocycles. The zero-order valence-corrected chi connectivity index (χ0v) is 12.4. The minimum absolute atomic E-state index is 0.244. The molecular weight excluding hydrogens is 254 g/mol. The maximum Gasteiger partial charge on any atom is 0.231 e. The fourth-order valence-electron chi connectivity index (χ4n) is 2.29. The van der Waals surface area contributed by atoms with E-state index in [4.69, 9.17) is 5.73 Å². The summed E-state index contributed by atoms with van der Waals surface area (Å²) in [6, 6.07) is 2.33. The summed E-state index contributed by atoms with van der Waals surface area (Å²) in [4.78, 5) is 17.6. The summed E-state index contributed by atoms with van der Waals surface area (Å²) in [5.74, 6) is -0.315. The standard InChI is InChI=1S/C14H21N5O/c1-9(2)19(8-13(15)20)7-11-5-12-10(3)17-18(4)14(12)16-6-11/h5-6,9H,7-8H2,1-4H3,(H2,15,20). The molecule has 2 rings (SSSR count). The van der Waals surface area contributed by atoms with Crippen LogP contribution in [0.15, 0.2) is 12.3 Å². The second-order valence-corrected chi connectivity index (χ2v) is 5.39. The summed E-state index contributed by atoms with van der Waals surface area (Å²) in [5.41, 5.74) is 8.19. The minimum atomic E-state index is -0.315. The highest BCUT2D eigenvalue weighted by Gasteiger charge is 2.14. The summed E-state index contributed by atoms with van der Waals surface area (Å²) < 4.78 is 1.78. The first-order valence-electron chi connectivity index (χ1n) is 6.69. The third-order valence-corrected chi connectivity index (χ3v) is 3.39. The third-order valence-electron chi connectivity index (χ3n) is 3.39. The average Bonchev–Trinajstić information content (AvgIpc) is 2.63. The van der Waals surface area contributed by atoms with E-state index < -0.39 is 0 Å². The lowest BCUT2D eigenvalue weighted by atomic mass is 10.2. The maximum atomic E-state index is 11.1. The number of rotatable bonds is 5. The highest BCUT2D eigenvalue weighted by atomic mass is 16.1. The number of nitrogens with two attached hydrogens (primary N) is 1. The molecule has 0 aromatic carbocycles. The van der Waals surface area contributed by atoms with Crippen molar-refractivity contribution in [2.24, 2.45) is 12.8 Å². The van der Waals surface area contributed by atoms with Crippen molar-refractivity contribution in [3.63, 3.8) is 0 Å². The molecule has 0 aliphatic heterocycles. The van der Waals surface area contributed by atoms with Crippen LogP contribution in [0.2, 0.25) is 0 Å². The SMILES string of the molecule is Cc1nn(C)c2ncc(CN(CC(N)=O)C(C)C)cc12. The smallest absolute Gasteiger partial charge is 0.231 e. The van der Waals surface area contributed by atoms with Crippen molar-refractivity contribution in [2.75, 3.05) is 6.54 Å². The van der Waals surface area contributed by atoms with Crippen LogP contribution < -0.4 is 5.73 Å². The van der Waals surface area contributed by atoms with E-state index in [2.05, 4.69) is 16.1 Å². The molecule has 2 heterocycles. The number of hydrogen-bond donors (Lipinski definition) is 1. The van der Waals surface area contributed by atoms with Gasteiger partial charge in [0.1, 0.15) is 0 Å². The monoisotopic (exact) mass is 275 g/mol. The van der Waals surface area contributed by atoms with E-state index >= 15 is 0 Å². The molecule has 0 fully saturated rings. The number of fused-ring (bicyclic) bond motifs is 1. The van der Waals surface area contributed by atoms with Crippen molar-refractivity contribution in [3.05, 3.63) is 23.5 Å². The van der Waals surface area contributed by atoms with Crippen LogP contribution in [-0.4, -0.2) is 38.2 Å². The van der Waals surface area contributed by atoms with Gasteiger partial charge < -0.3 is 5.73 Å². The summed E-state index contributed by atoms with van der Waals surface area (Å²) >= 11 is 0. The molecule has 0 saturated heterocycles. The summed E-state index contributed by atoms with van der Waals surface area (Å²) in [6.07, 6.45) is 1.83. The van der Waals surface area contributed by atoms with E-state index in [0.29, 0.717) is 6.54 Å². The largest absolute Gasteiger partial charge is 0.369 e. The van der Waals surface area contributed by atoms with Gasteiger partial charge in [0.25, 0.3) is 0 Å². The topological polar surface area (TPSA) is 77.0 Å². The number of aryl methyl sites for hydroxylation is 2. The Hall–Kier alpha value is -1.95. The van der Waals surface area contributed by atoms with Crippen LogP contribution in [0.4, 0.5) is 0 Å². The number of hydrogen-bond acceptors (Lipinski definition) is 4. The fourth-order valence-corrected chi connectivity index (χ4v) is 2.29. The lowest BCUT2D eigenvalue weighted by Crippen LogP contribution is -2.37. The maximum absolute atomic E-state index is 11.1. The molecule has 0 atom stereocenters. The summed E-state index contributed by atoms with van der Waals surface area (Å²) in [7, 11) is 1.88. The van der Waals surface area contributed by atoms with Gasteiger partial charge in [0.15, 0.2) is 5.65 Å². The Balaban J connectivity index is 2.28. The van der Waals surface area contributed by atoms with Crippen molar-refractivity contribution < 1.29 is 4.79 Å². The summed E-state index contributed by atoms with van der Waals surface area (Å²) in [5, 5.41) is 5.41. The molecule has 6 nitrogen and oxygen atoms in total. The molecule has 0 spiro atoms. The molecule has 2 aromatic heterocycles. The molecule has 0 radical (unpaired) electrons. The van der Waals surface area contributed by atoms with Crippen molar-refractivity contribution in [3.8, 4) is 0 Å². The fraction of sp³-hybridized carbons (Fsp3) is 0.500. The summed E-state index contributed by atoms with van der Waals surface area (Å²) in [6.45, 7) is 6.96. The highest BCUT2D eigenvalue weighted by Crippen LogP contribution is 2.18. The molecule has 0 aliphatic rings. The quantitative estimate of drug-likeness (QED) is 0.882. The lowest BCUT2D eigenvalue weighted by molar-refractivity contribution is -0.119. The minimum Gasteiger partial charge on any atom is -0.369 e. The Labute approximate surface area is 118 Å². The van der Waals surface area contributed by atoms with Gasteiger partial charge in [-0.1, -0.05) is 0 Å². The molecule has 108 valence electrons. The third kappa shape index (κ3) is 2.96. The first-order valence-corrected chi connectivity index (χ1v) is 6.69. The van der Waals surface area contributed by atoms with Gasteiger partial charge in [-0.25, -0.2) is 4.98 Å². The number of nitrogens with zero attached hydrogens (tertiary/aromatic N) is 4. The Bertz CT molecular complexity index is 632. The predicted molar refractivity (Wildman–Crippen MR) is 78.0 cm³/mol. The van der Waals surface area contributed by atoms with Crippen LogP contribution in [-0.2, 0) is 18.4 Å². The van der Waals surface area contributed by atoms with E-state index in [1.165, 1.54) is 0 Å². The highest BCUT2D eigenvalue weighted by molar-refractivity contribution is 5.78. The van der Waals surface area contributed by atoms with Crippen LogP contribution in [0, 0.1) is 6.92 Å². The Kier molecular flexibility index (Phi) is 4.04. The number of amides is 1. The van der Waals surface area contributed by atoms with E-state index in [1.807, 2.05) is 38.9 Å². The van der Waals surface area contributed by atoms with Crippen molar-refractivity contribution in [2.45, 2.75) is 33.4 Å². The Morgan fingerprint density at radius 1 is 1.50 bits per heavy atom. The first kappa shape index (κ1) is 14.5. The molecule has 0 unspecified atom stereocenters. The van der Waals surface area contributed by atoms with E-state index in [0.717, 1.165) is 22.3 Å². The van der Waals surface area contributed by atoms with Gasteiger partial charge >= 0.3 is 0 Å². The second-order valence-electron chi connectivity index (χ2n) is 5.39. The van der Waals surface area contributed by atoms with Crippen LogP contribution in [0.25, 0.3) is 11.0 Å². The van der Waals surface area contributed by atoms with Gasteiger partial charge in [0.05, 0.1) is 12.2 Å². The van der Waals surface area contributed by atoms with Gasteiger partial charge in [-0.2, -0.15) is 5.10 Å². The normalized spacial score (nSPS) is 11.7. The molecular formula is C14H21N5O. The van der Waals surface area contributed by atoms with Gasteiger partial charge in [0.2, 0.25) is 5.91 Å². The zero-order valence-electron chi connectivity index (χ0n) is 12.4. The number of carbonyl (C=O) groups is 1. The number of primary amides is 1. The molecule has 6 heteroatoms. The van der Waals surface area contributed by atoms with Gasteiger partial charge in [-0.05, 0) is 32.4 Å². The van der Waals surface area contributed by atoms with Crippen LogP contribution in [0.5, 0.6) is 0 Å². The van der Waals surface area contributed by atoms with E-state index in [9.17, 15) is 4.79 Å². The van der Waals surface area contributed by atoms with Gasteiger partial charge in [-0.15, -0.1) is 0 Å². The number of pyridine rings is 1. The molecule has 0 saturated carbocycles. The van der Waals surface area contributed by atoms with Gasteiger partial charge in [0, 0.05) is 31.2 Å².